The first kappa shape index (κ1) is 22.4. The van der Waals surface area contributed by atoms with Gasteiger partial charge in [0.05, 0.1) is 35.1 Å². The molecule has 2 atom stereocenters. The third kappa shape index (κ3) is 3.94. The van der Waals surface area contributed by atoms with Crippen LogP contribution in [-0.2, 0) is 4.79 Å². The van der Waals surface area contributed by atoms with Gasteiger partial charge in [-0.15, -0.1) is 0 Å². The summed E-state index contributed by atoms with van der Waals surface area (Å²) < 4.78 is 0. The zero-order valence-corrected chi connectivity index (χ0v) is 19.7. The number of aliphatic imine (C=N–C) groups is 1. The number of anilines is 1. The van der Waals surface area contributed by atoms with E-state index in [2.05, 4.69) is 53.0 Å². The van der Waals surface area contributed by atoms with Crippen molar-refractivity contribution in [2.45, 2.75) is 20.8 Å². The Morgan fingerprint density at radius 1 is 1.11 bits per heavy atom. The molecule has 35 heavy (non-hydrogen) atoms. The molecule has 0 bridgehead atoms. The van der Waals surface area contributed by atoms with Crippen LogP contribution in [0, 0.1) is 17.8 Å². The lowest BCUT2D eigenvalue weighted by molar-refractivity contribution is -0.118. The second-order valence-electron chi connectivity index (χ2n) is 8.83. The van der Waals surface area contributed by atoms with Gasteiger partial charge in [-0.05, 0) is 23.1 Å². The summed E-state index contributed by atoms with van der Waals surface area (Å²) in [4.78, 5) is 45.4. The summed E-state index contributed by atoms with van der Waals surface area (Å²) in [5.74, 6) is 0.608. The maximum absolute atomic E-state index is 12.3. The van der Waals surface area contributed by atoms with Crippen LogP contribution in [0.3, 0.4) is 0 Å². The van der Waals surface area contributed by atoms with E-state index in [1.165, 1.54) is 6.20 Å². The van der Waals surface area contributed by atoms with E-state index >= 15 is 0 Å². The van der Waals surface area contributed by atoms with E-state index < -0.39 is 0 Å². The average molecular weight is 472 g/mol. The number of hydrazone groups is 1. The molecule has 0 radical (unpaired) electrons. The van der Waals surface area contributed by atoms with Gasteiger partial charge in [-0.2, -0.15) is 5.10 Å². The summed E-state index contributed by atoms with van der Waals surface area (Å²) >= 11 is 0. The number of allylic oxidation sites excluding steroid dienone is 1. The number of H-pyrrole nitrogens is 1. The second kappa shape index (κ2) is 8.75. The van der Waals surface area contributed by atoms with E-state index in [0.717, 1.165) is 17.0 Å². The summed E-state index contributed by atoms with van der Waals surface area (Å²) in [5.41, 5.74) is 7.73. The van der Waals surface area contributed by atoms with Crippen molar-refractivity contribution in [3.63, 3.8) is 0 Å². The van der Waals surface area contributed by atoms with Crippen molar-refractivity contribution >= 4 is 45.7 Å². The normalized spacial score (nSPS) is 18.9. The first-order valence-electron chi connectivity index (χ1n) is 11.3. The van der Waals surface area contributed by atoms with Crippen molar-refractivity contribution < 1.29 is 9.59 Å². The highest BCUT2D eigenvalue weighted by Gasteiger charge is 2.39. The number of nitrogens with one attached hydrogen (secondary N) is 4. The lowest BCUT2D eigenvalue weighted by Gasteiger charge is -2.26. The molecule has 0 saturated carbocycles. The molecule has 2 aliphatic rings. The summed E-state index contributed by atoms with van der Waals surface area (Å²) in [7, 11) is 1.57. The Hall–Kier alpha value is -4.41. The fraction of sp³-hybridized carbons (Fsp3) is 0.292. The standard InChI is InChI=1S/C24H25N9O2/c1-11(2)23(34)29-14-5-13(6-26-7-14)15-9-28-21-18(12(15)3)20(32-33-21)22-30-17-10-27-8-16(19(17)31-22)24(35)25-4/h5-12,18H,1-4H3,(H,25,35)(H,28,33)(H,29,34)(H,30,31). The van der Waals surface area contributed by atoms with Gasteiger partial charge < -0.3 is 15.6 Å². The van der Waals surface area contributed by atoms with Gasteiger partial charge in [-0.1, -0.05) is 20.8 Å². The minimum absolute atomic E-state index is 0.0150. The van der Waals surface area contributed by atoms with E-state index in [0.29, 0.717) is 33.8 Å². The van der Waals surface area contributed by atoms with Crippen molar-refractivity contribution in [3.8, 4) is 0 Å². The average Bonchev–Trinajstić information content (AvgIpc) is 3.48. The van der Waals surface area contributed by atoms with Crippen LogP contribution in [0.5, 0.6) is 0 Å². The maximum atomic E-state index is 12.3. The maximum Gasteiger partial charge on any atom is 0.254 e. The quantitative estimate of drug-likeness (QED) is 0.449. The molecule has 0 aliphatic carbocycles. The van der Waals surface area contributed by atoms with Crippen LogP contribution in [0.25, 0.3) is 16.6 Å². The van der Waals surface area contributed by atoms with Gasteiger partial charge in [0, 0.05) is 31.6 Å². The monoisotopic (exact) mass is 471 g/mol. The van der Waals surface area contributed by atoms with Gasteiger partial charge >= 0.3 is 0 Å². The molecule has 0 saturated heterocycles. The van der Waals surface area contributed by atoms with Crippen molar-refractivity contribution in [1.82, 2.24) is 30.7 Å². The number of nitrogens with zero attached hydrogens (tertiary/aromatic N) is 5. The fourth-order valence-electron chi connectivity index (χ4n) is 4.25. The van der Waals surface area contributed by atoms with Gasteiger partial charge in [0.15, 0.2) is 5.82 Å². The van der Waals surface area contributed by atoms with Crippen molar-refractivity contribution in [3.05, 3.63) is 54.0 Å². The Bertz CT molecular complexity index is 1430. The van der Waals surface area contributed by atoms with E-state index in [9.17, 15) is 9.59 Å². The molecule has 2 amide bonds. The number of hydrogen-bond donors (Lipinski definition) is 4. The Morgan fingerprint density at radius 3 is 2.69 bits per heavy atom. The van der Waals surface area contributed by atoms with Crippen LogP contribution in [0.15, 0.2) is 47.1 Å². The molecular weight excluding hydrogens is 446 g/mol. The Kier molecular flexibility index (Phi) is 5.59. The molecule has 2 unspecified atom stereocenters. The third-order valence-electron chi connectivity index (χ3n) is 6.19. The van der Waals surface area contributed by atoms with Crippen LogP contribution < -0.4 is 16.1 Å². The van der Waals surface area contributed by atoms with Crippen molar-refractivity contribution in [2.75, 3.05) is 12.4 Å². The molecule has 0 aromatic carbocycles. The van der Waals surface area contributed by atoms with E-state index in [1.54, 1.807) is 31.8 Å². The molecule has 178 valence electrons. The summed E-state index contributed by atoms with van der Waals surface area (Å²) in [5, 5.41) is 10.0. The Balaban J connectivity index is 1.46. The molecule has 4 N–H and O–H groups in total. The number of aromatic nitrogens is 4. The fourth-order valence-corrected chi connectivity index (χ4v) is 4.25. The minimum Gasteiger partial charge on any atom is -0.355 e. The number of fused-ring (bicyclic) bond motifs is 2. The minimum atomic E-state index is -0.261. The molecule has 0 fully saturated rings. The molecule has 3 aromatic heterocycles. The largest absolute Gasteiger partial charge is 0.355 e. The van der Waals surface area contributed by atoms with Crippen LogP contribution in [0.4, 0.5) is 5.69 Å². The van der Waals surface area contributed by atoms with Crippen LogP contribution >= 0.6 is 0 Å². The third-order valence-corrected chi connectivity index (χ3v) is 6.19. The van der Waals surface area contributed by atoms with Gasteiger partial charge in [-0.3, -0.25) is 25.0 Å². The molecule has 3 aromatic rings. The highest BCUT2D eigenvalue weighted by molar-refractivity contribution is 6.19. The number of rotatable bonds is 5. The molecule has 2 aliphatic heterocycles. The first-order valence-corrected chi connectivity index (χ1v) is 11.3. The number of aromatic amines is 1. The number of pyridine rings is 2. The van der Waals surface area contributed by atoms with Gasteiger partial charge in [0.2, 0.25) is 5.91 Å². The molecule has 5 heterocycles. The van der Waals surface area contributed by atoms with Gasteiger partial charge in [-0.25, -0.2) is 9.98 Å². The molecule has 11 heteroatoms. The second-order valence-corrected chi connectivity index (χ2v) is 8.83. The summed E-state index contributed by atoms with van der Waals surface area (Å²) in [6.45, 7) is 5.77. The zero-order chi connectivity index (χ0) is 24.7. The number of carbonyl (C=O) groups is 2. The number of amidine groups is 1. The topological polar surface area (TPSA) is 149 Å². The summed E-state index contributed by atoms with van der Waals surface area (Å²) in [6.07, 6.45) is 8.32. The smallest absolute Gasteiger partial charge is 0.254 e. The first-order chi connectivity index (χ1) is 16.9. The van der Waals surface area contributed by atoms with E-state index in [-0.39, 0.29) is 29.6 Å². The highest BCUT2D eigenvalue weighted by Crippen LogP contribution is 2.37. The number of carbonyl (C=O) groups excluding carboxylic acids is 2. The van der Waals surface area contributed by atoms with Crippen LogP contribution in [0.2, 0.25) is 0 Å². The predicted molar refractivity (Wildman–Crippen MR) is 133 cm³/mol. The Morgan fingerprint density at radius 2 is 1.91 bits per heavy atom. The van der Waals surface area contributed by atoms with Crippen LogP contribution in [-0.4, -0.2) is 50.3 Å². The molecule has 11 nitrogen and oxygen atoms in total. The van der Waals surface area contributed by atoms with Crippen LogP contribution in [0.1, 0.15) is 42.5 Å². The van der Waals surface area contributed by atoms with E-state index in [1.807, 2.05) is 19.9 Å². The van der Waals surface area contributed by atoms with Gasteiger partial charge in [0.25, 0.3) is 5.91 Å². The van der Waals surface area contributed by atoms with Crippen molar-refractivity contribution in [2.24, 2.45) is 27.8 Å². The zero-order valence-electron chi connectivity index (χ0n) is 19.7. The van der Waals surface area contributed by atoms with E-state index in [4.69, 9.17) is 0 Å². The van der Waals surface area contributed by atoms with Gasteiger partial charge in [0.1, 0.15) is 17.1 Å². The lowest BCUT2D eigenvalue weighted by Crippen LogP contribution is -2.33. The summed E-state index contributed by atoms with van der Waals surface area (Å²) in [6, 6.07) is 1.90. The lowest BCUT2D eigenvalue weighted by atomic mass is 9.80. The highest BCUT2D eigenvalue weighted by atomic mass is 16.2. The number of imidazole rings is 1. The molecule has 0 spiro atoms. The Labute approximate surface area is 201 Å². The van der Waals surface area contributed by atoms with Crippen molar-refractivity contribution in [1.29, 1.82) is 0 Å². The molecule has 5 rings (SSSR count). The molecular formula is C24H25N9O2. The number of amides is 2. The number of hydrogen-bond acceptors (Lipinski definition) is 8. The predicted octanol–water partition coefficient (Wildman–Crippen LogP) is 2.32. The SMILES string of the molecule is CNC(=O)c1cncc2[nH]c(C3=NNC4=NC=C(c5cncc(NC(=O)C(C)C)c5)C(C)C43)nc12.